The van der Waals surface area contributed by atoms with E-state index in [-0.39, 0.29) is 23.7 Å². The van der Waals surface area contributed by atoms with Crippen LogP contribution in [0.2, 0.25) is 0 Å². The lowest BCUT2D eigenvalue weighted by molar-refractivity contribution is -0.133. The monoisotopic (exact) mass is 419 g/mol. The second kappa shape index (κ2) is 10.2. The lowest BCUT2D eigenvalue weighted by Crippen LogP contribution is -2.51. The summed E-state index contributed by atoms with van der Waals surface area (Å²) in [4.78, 5) is 21.3. The molecular formula is C22H27F2N3O3. The summed E-state index contributed by atoms with van der Waals surface area (Å²) in [5.74, 6) is -3.10. The van der Waals surface area contributed by atoms with Gasteiger partial charge in [-0.15, -0.1) is 0 Å². The number of alkyl halides is 2. The van der Waals surface area contributed by atoms with Gasteiger partial charge in [0.15, 0.2) is 0 Å². The minimum Gasteiger partial charge on any atom is -0.478 e. The Balaban J connectivity index is 2.16. The number of hydrogen-bond donors (Lipinski definition) is 1. The van der Waals surface area contributed by atoms with Crippen molar-refractivity contribution in [1.29, 1.82) is 0 Å². The molecule has 0 spiro atoms. The largest absolute Gasteiger partial charge is 0.478 e. The van der Waals surface area contributed by atoms with Gasteiger partial charge in [0, 0.05) is 44.2 Å². The van der Waals surface area contributed by atoms with E-state index in [1.807, 2.05) is 24.8 Å². The van der Waals surface area contributed by atoms with Crippen LogP contribution in [0.1, 0.15) is 32.9 Å². The molecule has 0 aromatic carbocycles. The number of nitrogens with zero attached hydrogens (tertiary/aromatic N) is 3. The zero-order valence-electron chi connectivity index (χ0n) is 17.4. The first kappa shape index (κ1) is 23.4. The van der Waals surface area contributed by atoms with Crippen molar-refractivity contribution < 1.29 is 23.4 Å². The number of halogens is 2. The lowest BCUT2D eigenvalue weighted by atomic mass is 9.92. The van der Waals surface area contributed by atoms with E-state index in [1.54, 1.807) is 12.3 Å². The number of ether oxygens (including phenoxy) is 1. The number of aromatic nitrogens is 1. The van der Waals surface area contributed by atoms with Gasteiger partial charge in [0.05, 0.1) is 11.9 Å². The van der Waals surface area contributed by atoms with Crippen LogP contribution in [0.5, 0.6) is 5.75 Å². The van der Waals surface area contributed by atoms with Crippen molar-refractivity contribution in [3.05, 3.63) is 60.3 Å². The summed E-state index contributed by atoms with van der Waals surface area (Å²) in [6, 6.07) is 2.70. The maximum absolute atomic E-state index is 13.4. The summed E-state index contributed by atoms with van der Waals surface area (Å²) in [5, 5.41) is 8.99. The van der Waals surface area contributed by atoms with Crippen LogP contribution < -0.4 is 4.74 Å². The Morgan fingerprint density at radius 1 is 1.47 bits per heavy atom. The van der Waals surface area contributed by atoms with Gasteiger partial charge in [0.2, 0.25) is 0 Å². The molecule has 1 aliphatic rings. The summed E-state index contributed by atoms with van der Waals surface area (Å²) < 4.78 is 32.7. The number of carbonyl (C=O) groups is 1. The number of rotatable bonds is 10. The van der Waals surface area contributed by atoms with Crippen molar-refractivity contribution in [2.24, 2.45) is 10.9 Å². The molecule has 0 radical (unpaired) electrons. The minimum atomic E-state index is -3.02. The van der Waals surface area contributed by atoms with E-state index in [0.29, 0.717) is 31.0 Å². The van der Waals surface area contributed by atoms with Gasteiger partial charge >= 0.3 is 5.97 Å². The molecule has 8 heteroatoms. The Morgan fingerprint density at radius 2 is 2.17 bits per heavy atom. The van der Waals surface area contributed by atoms with Gasteiger partial charge in [-0.05, 0) is 31.6 Å². The van der Waals surface area contributed by atoms with Gasteiger partial charge in [0.1, 0.15) is 17.2 Å². The minimum absolute atomic E-state index is 0.0489. The van der Waals surface area contributed by atoms with Crippen molar-refractivity contribution in [1.82, 2.24) is 9.88 Å². The fourth-order valence-corrected chi connectivity index (χ4v) is 2.95. The van der Waals surface area contributed by atoms with Gasteiger partial charge in [-0.1, -0.05) is 19.6 Å². The second-order valence-electron chi connectivity index (χ2n) is 7.14. The molecule has 1 fully saturated rings. The molecule has 0 aliphatic carbocycles. The summed E-state index contributed by atoms with van der Waals surface area (Å²) in [6.07, 6.45) is 7.30. The first-order valence-corrected chi connectivity index (χ1v) is 9.70. The fraction of sp³-hybridized carbons (Fsp3) is 0.409. The SMILES string of the molecule is C=C(CN1CC(C(=N\C=C/C)/C(=C/CC)Oc2ccc(C(C)(F)F)nc2)C1)C(=O)O. The van der Waals surface area contributed by atoms with Crippen LogP contribution in [0.3, 0.4) is 0 Å². The summed E-state index contributed by atoms with van der Waals surface area (Å²) >= 11 is 0. The van der Waals surface area contributed by atoms with Gasteiger partial charge in [-0.3, -0.25) is 14.9 Å². The molecule has 0 amide bonds. The molecule has 2 rings (SSSR count). The number of carboxylic acid groups (broad SMARTS) is 1. The van der Waals surface area contributed by atoms with Crippen molar-refractivity contribution in [3.8, 4) is 5.75 Å². The third-order valence-corrected chi connectivity index (χ3v) is 4.48. The number of carboxylic acids is 1. The molecule has 1 aromatic rings. The summed E-state index contributed by atoms with van der Waals surface area (Å²) in [6.45, 7) is 9.68. The Labute approximate surface area is 175 Å². The van der Waals surface area contributed by atoms with Crippen LogP contribution in [-0.4, -0.2) is 46.3 Å². The highest BCUT2D eigenvalue weighted by Crippen LogP contribution is 2.28. The highest BCUT2D eigenvalue weighted by atomic mass is 19.3. The maximum atomic E-state index is 13.4. The van der Waals surface area contributed by atoms with E-state index < -0.39 is 11.9 Å². The second-order valence-corrected chi connectivity index (χ2v) is 7.14. The average Bonchev–Trinajstić information content (AvgIpc) is 2.65. The van der Waals surface area contributed by atoms with Gasteiger partial charge in [-0.25, -0.2) is 4.79 Å². The molecule has 2 heterocycles. The molecule has 0 unspecified atom stereocenters. The lowest BCUT2D eigenvalue weighted by Gasteiger charge is -2.40. The van der Waals surface area contributed by atoms with Crippen LogP contribution in [0.15, 0.2) is 59.6 Å². The highest BCUT2D eigenvalue weighted by molar-refractivity contribution is 6.01. The summed E-state index contributed by atoms with van der Waals surface area (Å²) in [5.41, 5.74) is 0.531. The van der Waals surface area contributed by atoms with E-state index >= 15 is 0 Å². The van der Waals surface area contributed by atoms with Gasteiger partial charge < -0.3 is 9.84 Å². The van der Waals surface area contributed by atoms with Crippen LogP contribution in [0, 0.1) is 5.92 Å². The van der Waals surface area contributed by atoms with E-state index in [4.69, 9.17) is 9.84 Å². The van der Waals surface area contributed by atoms with Crippen LogP contribution in [0.4, 0.5) is 8.78 Å². The molecule has 0 bridgehead atoms. The number of allylic oxidation sites excluding steroid dienone is 3. The standard InChI is InChI=1S/C22H27F2N3O3/c1-5-7-18(30-17-8-9-19(26-11-17)22(4,23)24)20(25-10-6-2)16-13-27(14-16)12-15(3)21(28)29/h6-11,16H,3,5,12-14H2,1-2,4H3,(H,28,29)/b10-6-,18-7-,25-20+. The third kappa shape index (κ3) is 6.32. The molecule has 162 valence electrons. The molecule has 0 atom stereocenters. The van der Waals surface area contributed by atoms with E-state index in [0.717, 1.165) is 12.6 Å². The third-order valence-electron chi connectivity index (χ3n) is 4.48. The van der Waals surface area contributed by atoms with Crippen LogP contribution in [0.25, 0.3) is 0 Å². The summed E-state index contributed by atoms with van der Waals surface area (Å²) in [7, 11) is 0. The Hall–Kier alpha value is -2.87. The average molecular weight is 419 g/mol. The maximum Gasteiger partial charge on any atom is 0.332 e. The number of aliphatic imine (C=N–C) groups is 1. The van der Waals surface area contributed by atoms with E-state index in [9.17, 15) is 13.6 Å². The normalized spacial score (nSPS) is 16.6. The Morgan fingerprint density at radius 3 is 2.67 bits per heavy atom. The molecule has 1 N–H and O–H groups in total. The van der Waals surface area contributed by atoms with Crippen molar-refractivity contribution in [2.75, 3.05) is 19.6 Å². The van der Waals surface area contributed by atoms with Crippen molar-refractivity contribution in [2.45, 2.75) is 33.1 Å². The number of pyridine rings is 1. The molecule has 1 aliphatic heterocycles. The first-order valence-electron chi connectivity index (χ1n) is 9.70. The predicted octanol–water partition coefficient (Wildman–Crippen LogP) is 4.41. The molecule has 30 heavy (non-hydrogen) atoms. The molecule has 1 aromatic heterocycles. The Kier molecular flexibility index (Phi) is 8.00. The van der Waals surface area contributed by atoms with Gasteiger partial charge in [-0.2, -0.15) is 8.78 Å². The topological polar surface area (TPSA) is 75.0 Å². The fourth-order valence-electron chi connectivity index (χ4n) is 2.95. The Bertz CT molecular complexity index is 849. The molecular weight excluding hydrogens is 392 g/mol. The van der Waals surface area contributed by atoms with E-state index in [2.05, 4.69) is 16.6 Å². The number of likely N-dealkylation sites (tertiary alicyclic amines) is 1. The smallest absolute Gasteiger partial charge is 0.332 e. The first-order chi connectivity index (χ1) is 14.2. The highest BCUT2D eigenvalue weighted by Gasteiger charge is 2.34. The molecule has 6 nitrogen and oxygen atoms in total. The number of aliphatic carboxylic acids is 1. The molecule has 0 saturated carbocycles. The van der Waals surface area contributed by atoms with Crippen LogP contribution >= 0.6 is 0 Å². The van der Waals surface area contributed by atoms with Crippen LogP contribution in [-0.2, 0) is 10.7 Å². The quantitative estimate of drug-likeness (QED) is 0.345. The van der Waals surface area contributed by atoms with Gasteiger partial charge in [0.25, 0.3) is 5.92 Å². The number of hydrogen-bond acceptors (Lipinski definition) is 5. The van der Waals surface area contributed by atoms with Crippen molar-refractivity contribution in [3.63, 3.8) is 0 Å². The zero-order valence-corrected chi connectivity index (χ0v) is 17.4. The van der Waals surface area contributed by atoms with Crippen molar-refractivity contribution >= 4 is 11.7 Å². The van der Waals surface area contributed by atoms with E-state index in [1.165, 1.54) is 18.3 Å². The predicted molar refractivity (Wildman–Crippen MR) is 112 cm³/mol. The zero-order chi connectivity index (χ0) is 22.3. The molecule has 1 saturated heterocycles.